The molecule has 3 heterocycles. The van der Waals surface area contributed by atoms with E-state index in [4.69, 9.17) is 35.2 Å². The highest BCUT2D eigenvalue weighted by Crippen LogP contribution is 2.39. The number of furan rings is 1. The zero-order valence-electron chi connectivity index (χ0n) is 24.3. The monoisotopic (exact) mass is 637 g/mol. The van der Waals surface area contributed by atoms with E-state index in [2.05, 4.69) is 0 Å². The van der Waals surface area contributed by atoms with E-state index in [1.54, 1.807) is 43.3 Å². The van der Waals surface area contributed by atoms with E-state index >= 15 is 0 Å². The van der Waals surface area contributed by atoms with E-state index in [9.17, 15) is 19.7 Å². The summed E-state index contributed by atoms with van der Waals surface area (Å²) in [7, 11) is 3.04. The number of ether oxygens (including phenoxy) is 3. The van der Waals surface area contributed by atoms with Crippen LogP contribution in [0.2, 0.25) is 5.02 Å². The number of carbonyl (C=O) groups is 1. The van der Waals surface area contributed by atoms with Crippen LogP contribution in [0.3, 0.4) is 0 Å². The second kappa shape index (κ2) is 12.9. The first kappa shape index (κ1) is 30.8. The molecule has 0 unspecified atom stereocenters. The molecular weight excluding hydrogens is 610 g/mol. The lowest BCUT2D eigenvalue weighted by Gasteiger charge is -2.27. The lowest BCUT2D eigenvalue weighted by molar-refractivity contribution is -0.384. The van der Waals surface area contributed by atoms with Crippen LogP contribution in [0.15, 0.2) is 74.0 Å². The Labute approximate surface area is 260 Å². The van der Waals surface area contributed by atoms with Crippen molar-refractivity contribution >= 4 is 40.7 Å². The number of methoxy groups -OCH3 is 2. The Hall–Kier alpha value is -4.68. The van der Waals surface area contributed by atoms with Crippen LogP contribution in [0.25, 0.3) is 17.4 Å². The first-order valence-electron chi connectivity index (χ1n) is 13.7. The molecule has 0 aliphatic carbocycles. The molecule has 0 saturated heterocycles. The van der Waals surface area contributed by atoms with Gasteiger partial charge in [0.25, 0.3) is 11.2 Å². The SMILES string of the molecule is CCCC1=C(C(=O)OCC)[C@@H](c2cc(OC)ccc2OC)n2c(s/c(=C\c3ccc(-c4cc([N+](=O)[O-])ccc4Cl)o3)c2=O)=N1. The van der Waals surface area contributed by atoms with Crippen LogP contribution < -0.4 is 24.4 Å². The van der Waals surface area contributed by atoms with Crippen LogP contribution in [-0.2, 0) is 9.53 Å². The molecule has 2 aromatic heterocycles. The summed E-state index contributed by atoms with van der Waals surface area (Å²) in [5.41, 5.74) is 1.10. The first-order chi connectivity index (χ1) is 21.2. The highest BCUT2D eigenvalue weighted by molar-refractivity contribution is 7.07. The third-order valence-corrected chi connectivity index (χ3v) is 8.26. The number of aromatic nitrogens is 1. The van der Waals surface area contributed by atoms with Gasteiger partial charge in [0.15, 0.2) is 4.80 Å². The van der Waals surface area contributed by atoms with Crippen LogP contribution in [-0.4, -0.2) is 36.3 Å². The molecule has 0 saturated carbocycles. The molecule has 0 bridgehead atoms. The summed E-state index contributed by atoms with van der Waals surface area (Å²) < 4.78 is 24.3. The Kier molecular flexibility index (Phi) is 9.02. The average molecular weight is 638 g/mol. The molecule has 5 rings (SSSR count). The molecule has 11 nitrogen and oxygen atoms in total. The number of rotatable bonds is 10. The van der Waals surface area contributed by atoms with Gasteiger partial charge in [-0.3, -0.25) is 19.5 Å². The van der Waals surface area contributed by atoms with Crippen molar-refractivity contribution < 1.29 is 28.3 Å². The average Bonchev–Trinajstić information content (AvgIpc) is 3.60. The number of allylic oxidation sites excluding steroid dienone is 1. The van der Waals surface area contributed by atoms with Gasteiger partial charge >= 0.3 is 5.97 Å². The van der Waals surface area contributed by atoms with Gasteiger partial charge in [-0.25, -0.2) is 9.79 Å². The van der Waals surface area contributed by atoms with Gasteiger partial charge in [0.2, 0.25) is 0 Å². The highest BCUT2D eigenvalue weighted by atomic mass is 35.5. The number of nitro groups is 1. The highest BCUT2D eigenvalue weighted by Gasteiger charge is 2.36. The van der Waals surface area contributed by atoms with Crippen molar-refractivity contribution in [2.75, 3.05) is 20.8 Å². The molecule has 13 heteroatoms. The summed E-state index contributed by atoms with van der Waals surface area (Å²) >= 11 is 7.45. The maximum absolute atomic E-state index is 14.1. The standard InChI is InChI=1S/C31H28ClN3O8S/c1-5-7-23-27(30(37)42-6-2)28(21-15-18(40-3)9-12-24(21)41-4)34-29(36)26(44-31(34)33-23)16-19-10-13-25(43-19)20-14-17(35(38)39)8-11-22(20)32/h8-16,28H,5-7H2,1-4H3/b26-16-/t28-/m1/s1. The van der Waals surface area contributed by atoms with Crippen molar-refractivity contribution in [2.45, 2.75) is 32.7 Å². The number of hydrogen-bond donors (Lipinski definition) is 0. The molecule has 0 fully saturated rings. The van der Waals surface area contributed by atoms with Gasteiger partial charge < -0.3 is 18.6 Å². The number of nitrogens with zero attached hydrogens (tertiary/aromatic N) is 3. The Bertz CT molecular complexity index is 1970. The minimum Gasteiger partial charge on any atom is -0.497 e. The molecule has 2 aromatic carbocycles. The lowest BCUT2D eigenvalue weighted by Crippen LogP contribution is -2.40. The number of fused-ring (bicyclic) bond motifs is 1. The lowest BCUT2D eigenvalue weighted by atomic mass is 9.93. The Balaban J connectivity index is 1.71. The van der Waals surface area contributed by atoms with Crippen molar-refractivity contribution in [3.8, 4) is 22.8 Å². The molecule has 1 aliphatic rings. The number of non-ortho nitro benzene ring substituents is 1. The third-order valence-electron chi connectivity index (χ3n) is 6.95. The molecular formula is C31H28ClN3O8S. The Morgan fingerprint density at radius 2 is 1.95 bits per heavy atom. The summed E-state index contributed by atoms with van der Waals surface area (Å²) in [5, 5.41) is 11.6. The van der Waals surface area contributed by atoms with Crippen molar-refractivity contribution in [2.24, 2.45) is 4.99 Å². The predicted molar refractivity (Wildman–Crippen MR) is 165 cm³/mol. The van der Waals surface area contributed by atoms with Crippen LogP contribution >= 0.6 is 22.9 Å². The fourth-order valence-electron chi connectivity index (χ4n) is 4.99. The van der Waals surface area contributed by atoms with E-state index in [1.165, 1.54) is 37.0 Å². The minimum absolute atomic E-state index is 0.135. The molecule has 0 radical (unpaired) electrons. The summed E-state index contributed by atoms with van der Waals surface area (Å²) in [4.78, 5) is 43.5. The molecule has 0 spiro atoms. The maximum atomic E-state index is 14.1. The number of halogens is 1. The molecule has 4 aromatic rings. The minimum atomic E-state index is -0.908. The fourth-order valence-corrected chi connectivity index (χ4v) is 6.20. The Morgan fingerprint density at radius 3 is 2.64 bits per heavy atom. The molecule has 0 N–H and O–H groups in total. The Morgan fingerprint density at radius 1 is 1.16 bits per heavy atom. The van der Waals surface area contributed by atoms with Crippen molar-refractivity contribution in [3.63, 3.8) is 0 Å². The predicted octanol–water partition coefficient (Wildman–Crippen LogP) is 5.42. The van der Waals surface area contributed by atoms with E-state index in [0.717, 1.165) is 11.3 Å². The zero-order chi connectivity index (χ0) is 31.5. The summed E-state index contributed by atoms with van der Waals surface area (Å²) in [6, 6.07) is 11.6. The fraction of sp³-hybridized carbons (Fsp3) is 0.258. The molecule has 0 amide bonds. The maximum Gasteiger partial charge on any atom is 0.338 e. The van der Waals surface area contributed by atoms with Gasteiger partial charge in [-0.15, -0.1) is 0 Å². The van der Waals surface area contributed by atoms with Gasteiger partial charge in [-0.1, -0.05) is 36.3 Å². The van der Waals surface area contributed by atoms with Crippen LogP contribution in [0.4, 0.5) is 5.69 Å². The number of carbonyl (C=O) groups excluding carboxylic acids is 1. The van der Waals surface area contributed by atoms with E-state index in [1.807, 2.05) is 6.92 Å². The topological polar surface area (TPSA) is 135 Å². The largest absolute Gasteiger partial charge is 0.497 e. The van der Waals surface area contributed by atoms with E-state index in [-0.39, 0.29) is 22.9 Å². The van der Waals surface area contributed by atoms with E-state index in [0.29, 0.717) is 62.0 Å². The third kappa shape index (κ3) is 5.78. The van der Waals surface area contributed by atoms with Crippen LogP contribution in [0, 0.1) is 10.1 Å². The number of hydrogen-bond acceptors (Lipinski definition) is 10. The quantitative estimate of drug-likeness (QED) is 0.128. The number of nitro benzene ring substituents is 1. The van der Waals surface area contributed by atoms with Gasteiger partial charge in [-0.2, -0.15) is 0 Å². The van der Waals surface area contributed by atoms with Crippen molar-refractivity contribution in [1.82, 2.24) is 4.57 Å². The zero-order valence-corrected chi connectivity index (χ0v) is 25.9. The van der Waals surface area contributed by atoms with Crippen LogP contribution in [0.5, 0.6) is 11.5 Å². The molecule has 1 aliphatic heterocycles. The number of esters is 1. The number of benzene rings is 2. The number of thiazole rings is 1. The summed E-state index contributed by atoms with van der Waals surface area (Å²) in [6.07, 6.45) is 2.74. The van der Waals surface area contributed by atoms with Gasteiger partial charge in [-0.05, 0) is 49.7 Å². The van der Waals surface area contributed by atoms with E-state index < -0.39 is 22.5 Å². The first-order valence-corrected chi connectivity index (χ1v) is 14.9. The smallest absolute Gasteiger partial charge is 0.338 e. The normalized spacial score (nSPS) is 14.7. The molecule has 44 heavy (non-hydrogen) atoms. The second-order valence-electron chi connectivity index (χ2n) is 9.64. The van der Waals surface area contributed by atoms with Gasteiger partial charge in [0.1, 0.15) is 29.1 Å². The van der Waals surface area contributed by atoms with Gasteiger partial charge in [0.05, 0.1) is 46.6 Å². The van der Waals surface area contributed by atoms with Crippen molar-refractivity contribution in [3.05, 3.63) is 106 Å². The van der Waals surface area contributed by atoms with Gasteiger partial charge in [0, 0.05) is 29.3 Å². The molecule has 1 atom stereocenters. The summed E-state index contributed by atoms with van der Waals surface area (Å²) in [6.45, 7) is 3.83. The second-order valence-corrected chi connectivity index (χ2v) is 11.1. The van der Waals surface area contributed by atoms with Crippen LogP contribution in [0.1, 0.15) is 44.1 Å². The molecule has 228 valence electrons. The van der Waals surface area contributed by atoms with Crippen molar-refractivity contribution in [1.29, 1.82) is 0 Å². The summed E-state index contributed by atoms with van der Waals surface area (Å²) in [5.74, 6) is 1.01.